The van der Waals surface area contributed by atoms with Gasteiger partial charge >= 0.3 is 12.1 Å². The van der Waals surface area contributed by atoms with Crippen molar-refractivity contribution in [2.24, 2.45) is 0 Å². The number of benzene rings is 1. The average molecular weight is 338 g/mol. The largest absolute Gasteiger partial charge is 0.480 e. The molecule has 0 saturated carbocycles. The number of amides is 3. The second-order valence-corrected chi connectivity index (χ2v) is 4.87. The number of alkyl carbamates (subject to hydrolysis) is 1. The maximum atomic E-state index is 11.1. The lowest BCUT2D eigenvalue weighted by atomic mass is 10.2. The molecule has 1 aliphatic heterocycles. The normalized spacial score (nSPS) is 14.5. The van der Waals surface area contributed by atoms with Gasteiger partial charge in [0.2, 0.25) is 0 Å². The molecule has 1 saturated heterocycles. The minimum Gasteiger partial charge on any atom is -0.480 e. The highest BCUT2D eigenvalue weighted by Crippen LogP contribution is 2.07. The number of nitrogens with zero attached hydrogens (tertiary/aromatic N) is 1. The Morgan fingerprint density at radius 1 is 1.21 bits per heavy atom. The molecular formula is C15H18N2O7. The third-order valence-electron chi connectivity index (χ3n) is 2.94. The van der Waals surface area contributed by atoms with Crippen molar-refractivity contribution in [3.8, 4) is 0 Å². The molecule has 1 heterocycles. The lowest BCUT2D eigenvalue weighted by Crippen LogP contribution is -2.38. The van der Waals surface area contributed by atoms with Gasteiger partial charge in [-0.15, -0.1) is 0 Å². The third-order valence-corrected chi connectivity index (χ3v) is 2.94. The van der Waals surface area contributed by atoms with E-state index in [1.165, 1.54) is 6.92 Å². The van der Waals surface area contributed by atoms with E-state index in [9.17, 15) is 19.2 Å². The van der Waals surface area contributed by atoms with E-state index in [0.717, 1.165) is 5.56 Å². The van der Waals surface area contributed by atoms with Crippen LogP contribution in [-0.4, -0.2) is 45.3 Å². The van der Waals surface area contributed by atoms with Crippen LogP contribution < -0.4 is 5.32 Å². The van der Waals surface area contributed by atoms with Gasteiger partial charge in [-0.05, 0) is 12.5 Å². The fourth-order valence-electron chi connectivity index (χ4n) is 1.57. The first-order valence-corrected chi connectivity index (χ1v) is 7.06. The van der Waals surface area contributed by atoms with Crippen molar-refractivity contribution in [3.63, 3.8) is 0 Å². The van der Waals surface area contributed by atoms with Gasteiger partial charge in [0, 0.05) is 12.8 Å². The fourth-order valence-corrected chi connectivity index (χ4v) is 1.57. The molecular weight excluding hydrogens is 320 g/mol. The SMILES string of the molecule is C[C@H](NC(=O)OCc1ccccc1)C(=O)O.O=C1CCC(=O)N1O. The molecule has 1 atom stereocenters. The molecule has 1 aromatic carbocycles. The summed E-state index contributed by atoms with van der Waals surface area (Å²) in [6.45, 7) is 1.49. The summed E-state index contributed by atoms with van der Waals surface area (Å²) in [7, 11) is 0. The molecule has 130 valence electrons. The van der Waals surface area contributed by atoms with Gasteiger partial charge in [0.15, 0.2) is 0 Å². The maximum Gasteiger partial charge on any atom is 0.408 e. The first-order chi connectivity index (χ1) is 11.3. The molecule has 0 bridgehead atoms. The number of nitrogens with one attached hydrogen (secondary N) is 1. The summed E-state index contributed by atoms with van der Waals surface area (Å²) in [5.41, 5.74) is 0.848. The molecule has 0 aromatic heterocycles. The summed E-state index contributed by atoms with van der Waals surface area (Å²) in [5.74, 6) is -2.11. The van der Waals surface area contributed by atoms with Gasteiger partial charge in [0.25, 0.3) is 11.8 Å². The quantitative estimate of drug-likeness (QED) is 0.549. The monoisotopic (exact) mass is 338 g/mol. The molecule has 9 heteroatoms. The van der Waals surface area contributed by atoms with Crippen molar-refractivity contribution < 1.29 is 34.2 Å². The summed E-state index contributed by atoms with van der Waals surface area (Å²) in [6.07, 6.45) is -0.441. The number of carbonyl (C=O) groups excluding carboxylic acids is 3. The predicted octanol–water partition coefficient (Wildman–Crippen LogP) is 0.911. The van der Waals surface area contributed by atoms with E-state index in [-0.39, 0.29) is 24.5 Å². The van der Waals surface area contributed by atoms with E-state index < -0.39 is 29.9 Å². The Balaban J connectivity index is 0.000000300. The van der Waals surface area contributed by atoms with Crippen LogP contribution in [0, 0.1) is 0 Å². The molecule has 3 amide bonds. The number of hydroxylamine groups is 2. The summed E-state index contributed by atoms with van der Waals surface area (Å²) in [4.78, 5) is 42.1. The van der Waals surface area contributed by atoms with Crippen molar-refractivity contribution >= 4 is 23.9 Å². The van der Waals surface area contributed by atoms with Gasteiger partial charge in [-0.2, -0.15) is 5.06 Å². The third kappa shape index (κ3) is 6.44. The highest BCUT2D eigenvalue weighted by molar-refractivity contribution is 6.00. The van der Waals surface area contributed by atoms with E-state index in [0.29, 0.717) is 0 Å². The van der Waals surface area contributed by atoms with Crippen LogP contribution in [0.4, 0.5) is 4.79 Å². The van der Waals surface area contributed by atoms with Crippen LogP contribution in [0.15, 0.2) is 30.3 Å². The number of carbonyl (C=O) groups is 4. The Labute approximate surface area is 137 Å². The minimum atomic E-state index is -1.10. The molecule has 2 rings (SSSR count). The smallest absolute Gasteiger partial charge is 0.408 e. The molecule has 9 nitrogen and oxygen atoms in total. The zero-order chi connectivity index (χ0) is 18.1. The molecule has 0 aliphatic carbocycles. The molecule has 0 unspecified atom stereocenters. The molecule has 0 radical (unpaired) electrons. The molecule has 1 fully saturated rings. The highest BCUT2D eigenvalue weighted by atomic mass is 16.5. The summed E-state index contributed by atoms with van der Waals surface area (Å²) in [6, 6.07) is 8.19. The van der Waals surface area contributed by atoms with Crippen LogP contribution >= 0.6 is 0 Å². The summed E-state index contributed by atoms with van der Waals surface area (Å²) >= 11 is 0. The fraction of sp³-hybridized carbons (Fsp3) is 0.333. The van der Waals surface area contributed by atoms with E-state index in [2.05, 4.69) is 5.32 Å². The van der Waals surface area contributed by atoms with E-state index in [1.807, 2.05) is 30.3 Å². The van der Waals surface area contributed by atoms with Gasteiger partial charge in [0.05, 0.1) is 0 Å². The van der Waals surface area contributed by atoms with Crippen molar-refractivity contribution in [3.05, 3.63) is 35.9 Å². The van der Waals surface area contributed by atoms with Crippen LogP contribution in [0.5, 0.6) is 0 Å². The molecule has 24 heavy (non-hydrogen) atoms. The number of carboxylic acid groups (broad SMARTS) is 1. The van der Waals surface area contributed by atoms with Crippen molar-refractivity contribution in [1.29, 1.82) is 0 Å². The topological polar surface area (TPSA) is 133 Å². The molecule has 3 N–H and O–H groups in total. The van der Waals surface area contributed by atoms with Crippen LogP contribution in [0.2, 0.25) is 0 Å². The first kappa shape index (κ1) is 19.1. The van der Waals surface area contributed by atoms with Crippen LogP contribution in [0.1, 0.15) is 25.3 Å². The number of carboxylic acids is 1. The molecule has 0 spiro atoms. The van der Waals surface area contributed by atoms with Gasteiger partial charge in [0.1, 0.15) is 12.6 Å². The van der Waals surface area contributed by atoms with Gasteiger partial charge in [-0.25, -0.2) is 4.79 Å². The first-order valence-electron chi connectivity index (χ1n) is 7.06. The second kappa shape index (κ2) is 9.26. The van der Waals surface area contributed by atoms with Crippen molar-refractivity contribution in [2.45, 2.75) is 32.4 Å². The average Bonchev–Trinajstić information content (AvgIpc) is 2.85. The standard InChI is InChI=1S/C11H13NO4.C4H5NO3/c1-8(10(13)14)12-11(15)16-7-9-5-3-2-4-6-9;6-3-1-2-4(7)5(3)8/h2-6,8H,7H2,1H3,(H,12,15)(H,13,14);8H,1-2H2/t8-;/m0./s1. The number of aliphatic carboxylic acids is 1. The van der Waals surface area contributed by atoms with E-state index in [4.69, 9.17) is 15.1 Å². The Kier molecular flexibility index (Phi) is 7.37. The zero-order valence-electron chi connectivity index (χ0n) is 13.0. The Hall–Kier alpha value is -2.94. The predicted molar refractivity (Wildman–Crippen MR) is 79.7 cm³/mol. The molecule has 1 aromatic rings. The number of hydrogen-bond donors (Lipinski definition) is 3. The van der Waals surface area contributed by atoms with Crippen molar-refractivity contribution in [2.75, 3.05) is 0 Å². The van der Waals surface area contributed by atoms with E-state index >= 15 is 0 Å². The molecule has 1 aliphatic rings. The van der Waals surface area contributed by atoms with Crippen LogP contribution in [0.3, 0.4) is 0 Å². The Morgan fingerprint density at radius 3 is 2.17 bits per heavy atom. The number of imide groups is 1. The second-order valence-electron chi connectivity index (χ2n) is 4.87. The van der Waals surface area contributed by atoms with Crippen LogP contribution in [0.25, 0.3) is 0 Å². The number of ether oxygens (including phenoxy) is 1. The maximum absolute atomic E-state index is 11.1. The minimum absolute atomic E-state index is 0.124. The number of hydrogen-bond acceptors (Lipinski definition) is 6. The number of rotatable bonds is 4. The Bertz CT molecular complexity index is 587. The van der Waals surface area contributed by atoms with Crippen molar-refractivity contribution in [1.82, 2.24) is 10.4 Å². The zero-order valence-corrected chi connectivity index (χ0v) is 13.0. The highest BCUT2D eigenvalue weighted by Gasteiger charge is 2.26. The lowest BCUT2D eigenvalue weighted by molar-refractivity contribution is -0.171. The summed E-state index contributed by atoms with van der Waals surface area (Å²) < 4.78 is 4.84. The lowest BCUT2D eigenvalue weighted by Gasteiger charge is -2.09. The summed E-state index contributed by atoms with van der Waals surface area (Å²) in [5, 5.41) is 19.3. The van der Waals surface area contributed by atoms with Crippen LogP contribution in [-0.2, 0) is 25.7 Å². The van der Waals surface area contributed by atoms with Gasteiger partial charge in [-0.1, -0.05) is 30.3 Å². The van der Waals surface area contributed by atoms with Gasteiger partial charge in [-0.3, -0.25) is 19.6 Å². The van der Waals surface area contributed by atoms with Gasteiger partial charge < -0.3 is 15.2 Å². The Morgan fingerprint density at radius 2 is 1.75 bits per heavy atom. The van der Waals surface area contributed by atoms with E-state index in [1.54, 1.807) is 0 Å².